The van der Waals surface area contributed by atoms with Crippen LogP contribution >= 0.6 is 0 Å². The molecule has 0 spiro atoms. The number of carboxylic acid groups (broad SMARTS) is 1. The van der Waals surface area contributed by atoms with Crippen LogP contribution < -0.4 is 0 Å². The van der Waals surface area contributed by atoms with Crippen LogP contribution in [0.25, 0.3) is 5.65 Å². The Kier molecular flexibility index (Phi) is 2.83. The normalized spacial score (nSPS) is 11.3. The molecular formula is C12H15N3O2. The van der Waals surface area contributed by atoms with Gasteiger partial charge in [-0.1, -0.05) is 13.8 Å². The smallest absolute Gasteiger partial charge is 0.309 e. The number of aromatic nitrogens is 3. The van der Waals surface area contributed by atoms with E-state index < -0.39 is 5.97 Å². The van der Waals surface area contributed by atoms with Gasteiger partial charge in [0.15, 0.2) is 0 Å². The molecule has 0 fully saturated rings. The van der Waals surface area contributed by atoms with Gasteiger partial charge in [0.1, 0.15) is 12.0 Å². The van der Waals surface area contributed by atoms with Gasteiger partial charge in [0.05, 0.1) is 17.8 Å². The maximum absolute atomic E-state index is 10.8. The molecule has 0 saturated heterocycles. The summed E-state index contributed by atoms with van der Waals surface area (Å²) in [6.45, 7) is 5.94. The lowest BCUT2D eigenvalue weighted by Crippen LogP contribution is -2.05. The summed E-state index contributed by atoms with van der Waals surface area (Å²) in [6.07, 6.45) is 1.62. The molecule has 2 heterocycles. The molecular weight excluding hydrogens is 218 g/mol. The average Bonchev–Trinajstić information content (AvgIpc) is 2.54. The number of rotatable bonds is 3. The van der Waals surface area contributed by atoms with Gasteiger partial charge in [-0.25, -0.2) is 9.97 Å². The SMILES string of the molecule is Cc1nc2cc(C(C)C)ncn2c1CC(=O)O. The summed E-state index contributed by atoms with van der Waals surface area (Å²) in [4.78, 5) is 19.5. The molecule has 2 aromatic rings. The van der Waals surface area contributed by atoms with Crippen LogP contribution in [-0.4, -0.2) is 25.4 Å². The van der Waals surface area contributed by atoms with E-state index in [0.29, 0.717) is 11.6 Å². The van der Waals surface area contributed by atoms with Gasteiger partial charge in [0.2, 0.25) is 0 Å². The average molecular weight is 233 g/mol. The molecule has 2 rings (SSSR count). The first-order valence-corrected chi connectivity index (χ1v) is 5.54. The summed E-state index contributed by atoms with van der Waals surface area (Å²) in [5, 5.41) is 8.85. The minimum absolute atomic E-state index is 0.0320. The highest BCUT2D eigenvalue weighted by Gasteiger charge is 2.13. The molecule has 1 N–H and O–H groups in total. The van der Waals surface area contributed by atoms with Crippen LogP contribution in [0.2, 0.25) is 0 Å². The predicted octanol–water partition coefficient (Wildman–Crippen LogP) is 1.79. The number of carboxylic acids is 1. The topological polar surface area (TPSA) is 67.5 Å². The Balaban J connectivity index is 2.56. The minimum Gasteiger partial charge on any atom is -0.481 e. The molecule has 0 saturated carbocycles. The van der Waals surface area contributed by atoms with Crippen molar-refractivity contribution in [2.24, 2.45) is 0 Å². The number of aryl methyl sites for hydroxylation is 1. The first-order valence-electron chi connectivity index (χ1n) is 5.54. The van der Waals surface area contributed by atoms with Crippen LogP contribution in [0, 0.1) is 6.92 Å². The molecule has 90 valence electrons. The molecule has 17 heavy (non-hydrogen) atoms. The quantitative estimate of drug-likeness (QED) is 0.877. The van der Waals surface area contributed by atoms with Crippen molar-refractivity contribution < 1.29 is 9.90 Å². The van der Waals surface area contributed by atoms with Crippen molar-refractivity contribution in [2.45, 2.75) is 33.1 Å². The molecule has 0 aliphatic rings. The standard InChI is InChI=1S/C12H15N3O2/c1-7(2)9-4-11-14-8(3)10(5-12(16)17)15(11)6-13-9/h4,6-7H,5H2,1-3H3,(H,16,17). The zero-order chi connectivity index (χ0) is 12.6. The molecule has 0 radical (unpaired) electrons. The van der Waals surface area contributed by atoms with E-state index in [1.165, 1.54) is 0 Å². The maximum Gasteiger partial charge on any atom is 0.309 e. The number of hydrogen-bond donors (Lipinski definition) is 1. The fourth-order valence-electron chi connectivity index (χ4n) is 1.80. The van der Waals surface area contributed by atoms with E-state index in [9.17, 15) is 4.79 Å². The monoisotopic (exact) mass is 233 g/mol. The molecule has 0 aromatic carbocycles. The molecule has 2 aromatic heterocycles. The lowest BCUT2D eigenvalue weighted by Gasteiger charge is -2.05. The van der Waals surface area contributed by atoms with Gasteiger partial charge in [-0.15, -0.1) is 0 Å². The van der Waals surface area contributed by atoms with E-state index in [1.807, 2.05) is 13.0 Å². The molecule has 0 bridgehead atoms. The maximum atomic E-state index is 10.8. The van der Waals surface area contributed by atoms with Crippen LogP contribution in [0.1, 0.15) is 36.8 Å². The highest BCUT2D eigenvalue weighted by Crippen LogP contribution is 2.17. The molecule has 0 atom stereocenters. The fraction of sp³-hybridized carbons (Fsp3) is 0.417. The Hall–Kier alpha value is -1.91. The van der Waals surface area contributed by atoms with Crippen molar-refractivity contribution in [3.05, 3.63) is 29.5 Å². The molecule has 5 heteroatoms. The predicted molar refractivity (Wildman–Crippen MR) is 63.2 cm³/mol. The van der Waals surface area contributed by atoms with Crippen LogP contribution in [0.3, 0.4) is 0 Å². The van der Waals surface area contributed by atoms with Gasteiger partial charge in [-0.05, 0) is 12.8 Å². The summed E-state index contributed by atoms with van der Waals surface area (Å²) in [5.74, 6) is -0.525. The second kappa shape index (κ2) is 4.16. The Morgan fingerprint density at radius 2 is 2.24 bits per heavy atom. The second-order valence-corrected chi connectivity index (χ2v) is 4.41. The van der Waals surface area contributed by atoms with Crippen LogP contribution in [-0.2, 0) is 11.2 Å². The van der Waals surface area contributed by atoms with Gasteiger partial charge in [-0.3, -0.25) is 9.20 Å². The Morgan fingerprint density at radius 1 is 1.53 bits per heavy atom. The fourth-order valence-corrected chi connectivity index (χ4v) is 1.80. The molecule has 5 nitrogen and oxygen atoms in total. The number of nitrogens with zero attached hydrogens (tertiary/aromatic N) is 3. The second-order valence-electron chi connectivity index (χ2n) is 4.41. The van der Waals surface area contributed by atoms with Crippen molar-refractivity contribution in [3.63, 3.8) is 0 Å². The number of fused-ring (bicyclic) bond motifs is 1. The minimum atomic E-state index is -0.858. The summed E-state index contributed by atoms with van der Waals surface area (Å²) < 4.78 is 1.75. The summed E-state index contributed by atoms with van der Waals surface area (Å²) in [5.41, 5.74) is 3.16. The van der Waals surface area contributed by atoms with E-state index in [4.69, 9.17) is 5.11 Å². The Bertz CT molecular complexity index is 572. The number of imidazole rings is 1. The van der Waals surface area contributed by atoms with E-state index in [0.717, 1.165) is 17.0 Å². The van der Waals surface area contributed by atoms with E-state index in [2.05, 4.69) is 23.8 Å². The lowest BCUT2D eigenvalue weighted by atomic mass is 10.1. The van der Waals surface area contributed by atoms with Crippen molar-refractivity contribution in [1.82, 2.24) is 14.4 Å². The summed E-state index contributed by atoms with van der Waals surface area (Å²) in [6, 6.07) is 1.91. The largest absolute Gasteiger partial charge is 0.481 e. The van der Waals surface area contributed by atoms with E-state index in [-0.39, 0.29) is 6.42 Å². The van der Waals surface area contributed by atoms with Gasteiger partial charge < -0.3 is 5.11 Å². The number of hydrogen-bond acceptors (Lipinski definition) is 3. The van der Waals surface area contributed by atoms with Crippen molar-refractivity contribution in [3.8, 4) is 0 Å². The lowest BCUT2D eigenvalue weighted by molar-refractivity contribution is -0.136. The molecule has 0 unspecified atom stereocenters. The molecule has 0 amide bonds. The summed E-state index contributed by atoms with van der Waals surface area (Å²) in [7, 11) is 0. The van der Waals surface area contributed by atoms with Crippen molar-refractivity contribution in [1.29, 1.82) is 0 Å². The van der Waals surface area contributed by atoms with Gasteiger partial charge in [0, 0.05) is 11.8 Å². The third-order valence-electron chi connectivity index (χ3n) is 2.75. The molecule has 0 aliphatic heterocycles. The first-order chi connectivity index (χ1) is 7.99. The van der Waals surface area contributed by atoms with Gasteiger partial charge in [-0.2, -0.15) is 0 Å². The van der Waals surface area contributed by atoms with Gasteiger partial charge >= 0.3 is 5.97 Å². The zero-order valence-electron chi connectivity index (χ0n) is 10.1. The third-order valence-corrected chi connectivity index (χ3v) is 2.75. The van der Waals surface area contributed by atoms with E-state index in [1.54, 1.807) is 10.7 Å². The number of carbonyl (C=O) groups is 1. The molecule has 0 aliphatic carbocycles. The first kappa shape index (κ1) is 11.6. The zero-order valence-corrected chi connectivity index (χ0v) is 10.1. The Morgan fingerprint density at radius 3 is 2.82 bits per heavy atom. The summed E-state index contributed by atoms with van der Waals surface area (Å²) >= 11 is 0. The van der Waals surface area contributed by atoms with Crippen LogP contribution in [0.15, 0.2) is 12.4 Å². The van der Waals surface area contributed by atoms with Crippen molar-refractivity contribution in [2.75, 3.05) is 0 Å². The Labute approximate surface area is 99.1 Å². The van der Waals surface area contributed by atoms with Crippen molar-refractivity contribution >= 4 is 11.6 Å². The number of aliphatic carboxylic acids is 1. The van der Waals surface area contributed by atoms with Crippen LogP contribution in [0.4, 0.5) is 0 Å². The van der Waals surface area contributed by atoms with E-state index >= 15 is 0 Å². The third kappa shape index (κ3) is 2.13. The highest BCUT2D eigenvalue weighted by molar-refractivity contribution is 5.70. The van der Waals surface area contributed by atoms with Crippen LogP contribution in [0.5, 0.6) is 0 Å². The van der Waals surface area contributed by atoms with Gasteiger partial charge in [0.25, 0.3) is 0 Å². The highest BCUT2D eigenvalue weighted by atomic mass is 16.4.